The average Bonchev–Trinajstić information content (AvgIpc) is 2.76. The van der Waals surface area contributed by atoms with E-state index in [9.17, 15) is 14.0 Å². The molecule has 0 aliphatic heterocycles. The summed E-state index contributed by atoms with van der Waals surface area (Å²) in [5.41, 5.74) is 4.83. The molecule has 2 rings (SSSR count). The predicted molar refractivity (Wildman–Crippen MR) is 67.5 cm³/mol. The Balaban J connectivity index is 2.37. The van der Waals surface area contributed by atoms with E-state index in [0.29, 0.717) is 11.0 Å². The van der Waals surface area contributed by atoms with E-state index < -0.39 is 17.8 Å². The summed E-state index contributed by atoms with van der Waals surface area (Å²) in [5, 5.41) is 11.1. The molecule has 0 atom stereocenters. The first kappa shape index (κ1) is 13.3. The number of halogens is 1. The Bertz CT molecular complexity index is 771. The Kier molecular flexibility index (Phi) is 3.48. The number of nitrogens with two attached hydrogens (primary N) is 1. The first-order valence-electron chi connectivity index (χ1n) is 5.41. The number of imide groups is 1. The molecule has 3 amide bonds. The van der Waals surface area contributed by atoms with Crippen LogP contribution in [0, 0.1) is 17.1 Å². The summed E-state index contributed by atoms with van der Waals surface area (Å²) in [6.45, 7) is 0. The van der Waals surface area contributed by atoms with Gasteiger partial charge < -0.3 is 10.2 Å². The van der Waals surface area contributed by atoms with Crippen LogP contribution >= 0.6 is 0 Å². The fourth-order valence-corrected chi connectivity index (χ4v) is 1.58. The van der Waals surface area contributed by atoms with Gasteiger partial charge in [-0.2, -0.15) is 5.26 Å². The van der Waals surface area contributed by atoms with Gasteiger partial charge in [-0.3, -0.25) is 10.1 Å². The zero-order chi connectivity index (χ0) is 14.7. The highest BCUT2D eigenvalue weighted by atomic mass is 19.1. The number of primary amides is 1. The highest BCUT2D eigenvalue weighted by Crippen LogP contribution is 2.22. The van der Waals surface area contributed by atoms with Crippen molar-refractivity contribution in [1.29, 1.82) is 5.26 Å². The Morgan fingerprint density at radius 2 is 2.15 bits per heavy atom. The van der Waals surface area contributed by atoms with Crippen LogP contribution in [0.15, 0.2) is 34.3 Å². The third kappa shape index (κ3) is 2.81. The molecule has 20 heavy (non-hydrogen) atoms. The monoisotopic (exact) mass is 273 g/mol. The van der Waals surface area contributed by atoms with Crippen LogP contribution in [0.1, 0.15) is 5.76 Å². The topological polar surface area (TPSA) is 109 Å². The van der Waals surface area contributed by atoms with E-state index in [1.807, 2.05) is 0 Å². The summed E-state index contributed by atoms with van der Waals surface area (Å²) in [5.74, 6) is -1.19. The first-order valence-corrected chi connectivity index (χ1v) is 5.41. The maximum atomic E-state index is 13.0. The molecule has 100 valence electrons. The minimum absolute atomic E-state index is 0.182. The van der Waals surface area contributed by atoms with Gasteiger partial charge in [-0.15, -0.1) is 0 Å². The van der Waals surface area contributed by atoms with E-state index in [4.69, 9.17) is 15.4 Å². The molecular weight excluding hydrogens is 265 g/mol. The number of furan rings is 1. The number of carbonyl (C=O) groups excluding carboxylic acids is 2. The molecule has 1 aromatic carbocycles. The van der Waals surface area contributed by atoms with Crippen LogP contribution < -0.4 is 11.1 Å². The molecule has 3 N–H and O–H groups in total. The van der Waals surface area contributed by atoms with E-state index >= 15 is 0 Å². The maximum absolute atomic E-state index is 13.0. The van der Waals surface area contributed by atoms with Gasteiger partial charge in [-0.05, 0) is 24.3 Å². The second kappa shape index (κ2) is 5.24. The minimum atomic E-state index is -1.07. The van der Waals surface area contributed by atoms with Gasteiger partial charge in [0, 0.05) is 11.5 Å². The number of fused-ring (bicyclic) bond motifs is 1. The summed E-state index contributed by atoms with van der Waals surface area (Å²) >= 11 is 0. The third-order valence-corrected chi connectivity index (χ3v) is 2.39. The number of nitrogens with zero attached hydrogens (tertiary/aromatic N) is 1. The number of rotatable bonds is 2. The second-order valence-electron chi connectivity index (χ2n) is 3.82. The summed E-state index contributed by atoms with van der Waals surface area (Å²) in [4.78, 5) is 22.0. The molecular formula is C13H8FN3O3. The average molecular weight is 273 g/mol. The van der Waals surface area contributed by atoms with Crippen molar-refractivity contribution in [3.8, 4) is 6.07 Å². The fourth-order valence-electron chi connectivity index (χ4n) is 1.58. The van der Waals surface area contributed by atoms with Gasteiger partial charge in [-0.25, -0.2) is 9.18 Å². The predicted octanol–water partition coefficient (Wildman–Crippen LogP) is 1.67. The van der Waals surface area contributed by atoms with Crippen LogP contribution in [-0.4, -0.2) is 11.9 Å². The first-order chi connectivity index (χ1) is 9.49. The van der Waals surface area contributed by atoms with E-state index in [2.05, 4.69) is 0 Å². The molecule has 0 aliphatic carbocycles. The fraction of sp³-hybridized carbons (Fsp3) is 0. The van der Waals surface area contributed by atoms with Crippen molar-refractivity contribution >= 4 is 29.0 Å². The highest BCUT2D eigenvalue weighted by molar-refractivity contribution is 6.08. The van der Waals surface area contributed by atoms with Gasteiger partial charge >= 0.3 is 6.03 Å². The van der Waals surface area contributed by atoms with Gasteiger partial charge in [0.1, 0.15) is 28.8 Å². The van der Waals surface area contributed by atoms with Crippen molar-refractivity contribution in [3.05, 3.63) is 41.4 Å². The van der Waals surface area contributed by atoms with Crippen molar-refractivity contribution in [2.45, 2.75) is 0 Å². The number of benzene rings is 1. The van der Waals surface area contributed by atoms with Gasteiger partial charge in [0.15, 0.2) is 0 Å². The van der Waals surface area contributed by atoms with Crippen molar-refractivity contribution in [2.75, 3.05) is 0 Å². The molecule has 0 unspecified atom stereocenters. The van der Waals surface area contributed by atoms with E-state index in [-0.39, 0.29) is 11.3 Å². The van der Waals surface area contributed by atoms with Gasteiger partial charge in [-0.1, -0.05) is 0 Å². The summed E-state index contributed by atoms with van der Waals surface area (Å²) in [6, 6.07) is 5.93. The smallest absolute Gasteiger partial charge is 0.319 e. The zero-order valence-electron chi connectivity index (χ0n) is 10.0. The SMILES string of the molecule is N#C/C(=C/c1cc2cc(F)ccc2o1)C(=O)NC(N)=O. The maximum Gasteiger partial charge on any atom is 0.319 e. The molecule has 0 saturated carbocycles. The Hall–Kier alpha value is -3.14. The molecule has 7 heteroatoms. The molecule has 0 aliphatic rings. The normalized spacial score (nSPS) is 11.1. The molecule has 0 fully saturated rings. The summed E-state index contributed by atoms with van der Waals surface area (Å²) in [7, 11) is 0. The summed E-state index contributed by atoms with van der Waals surface area (Å²) in [6.07, 6.45) is 1.14. The van der Waals surface area contributed by atoms with Crippen LogP contribution in [0.3, 0.4) is 0 Å². The van der Waals surface area contributed by atoms with Crippen LogP contribution in [0.2, 0.25) is 0 Å². The number of hydrogen-bond donors (Lipinski definition) is 2. The quantitative estimate of drug-likeness (QED) is 0.640. The summed E-state index contributed by atoms with van der Waals surface area (Å²) < 4.78 is 18.3. The standard InChI is InChI=1S/C13H8FN3O3/c14-9-1-2-11-7(3-9)4-10(20-11)5-8(6-15)12(18)17-13(16)19/h1-5H,(H3,16,17,18,19)/b8-5-. The number of hydrogen-bond acceptors (Lipinski definition) is 4. The molecule has 2 aromatic rings. The van der Waals surface area contributed by atoms with Crippen molar-refractivity contribution in [2.24, 2.45) is 5.73 Å². The number of amides is 3. The van der Waals surface area contributed by atoms with Crippen LogP contribution in [0.25, 0.3) is 17.0 Å². The van der Waals surface area contributed by atoms with Crippen LogP contribution in [0.5, 0.6) is 0 Å². The van der Waals surface area contributed by atoms with Gasteiger partial charge in [0.2, 0.25) is 0 Å². The minimum Gasteiger partial charge on any atom is -0.457 e. The van der Waals surface area contributed by atoms with E-state index in [1.54, 1.807) is 11.4 Å². The lowest BCUT2D eigenvalue weighted by molar-refractivity contribution is -0.115. The number of nitrogens with one attached hydrogen (secondary N) is 1. The highest BCUT2D eigenvalue weighted by Gasteiger charge is 2.12. The lowest BCUT2D eigenvalue weighted by atomic mass is 10.2. The number of urea groups is 1. The van der Waals surface area contributed by atoms with E-state index in [1.165, 1.54) is 24.3 Å². The van der Waals surface area contributed by atoms with Gasteiger partial charge in [0.05, 0.1) is 0 Å². The largest absolute Gasteiger partial charge is 0.457 e. The third-order valence-electron chi connectivity index (χ3n) is 2.39. The Labute approximate surface area is 112 Å². The van der Waals surface area contributed by atoms with E-state index in [0.717, 1.165) is 6.08 Å². The zero-order valence-corrected chi connectivity index (χ0v) is 10.0. The molecule has 6 nitrogen and oxygen atoms in total. The van der Waals surface area contributed by atoms with Gasteiger partial charge in [0.25, 0.3) is 5.91 Å². The molecule has 0 spiro atoms. The van der Waals surface area contributed by atoms with Crippen molar-refractivity contribution < 1.29 is 18.4 Å². The molecule has 0 saturated heterocycles. The number of carbonyl (C=O) groups is 2. The second-order valence-corrected chi connectivity index (χ2v) is 3.82. The van der Waals surface area contributed by atoms with Crippen molar-refractivity contribution in [3.63, 3.8) is 0 Å². The Morgan fingerprint density at radius 3 is 2.80 bits per heavy atom. The lowest BCUT2D eigenvalue weighted by Crippen LogP contribution is -2.35. The molecule has 0 radical (unpaired) electrons. The van der Waals surface area contributed by atoms with Crippen molar-refractivity contribution in [1.82, 2.24) is 5.32 Å². The Morgan fingerprint density at radius 1 is 1.40 bits per heavy atom. The van der Waals surface area contributed by atoms with Crippen LogP contribution in [-0.2, 0) is 4.79 Å². The lowest BCUT2D eigenvalue weighted by Gasteiger charge is -1.97. The number of nitriles is 1. The molecule has 1 aromatic heterocycles. The van der Waals surface area contributed by atoms with Crippen LogP contribution in [0.4, 0.5) is 9.18 Å². The molecule has 0 bridgehead atoms. The molecule has 1 heterocycles.